The Kier molecular flexibility index (Phi) is 5.40. The van der Waals surface area contributed by atoms with Crippen LogP contribution in [0.3, 0.4) is 0 Å². The maximum atomic E-state index is 5.99. The maximum Gasteiger partial charge on any atom is 0.122 e. The Morgan fingerprint density at radius 3 is 2.74 bits per heavy atom. The third kappa shape index (κ3) is 4.05. The summed E-state index contributed by atoms with van der Waals surface area (Å²) in [6.45, 7) is 1.63. The van der Waals surface area contributed by atoms with Crippen LogP contribution >= 0.6 is 0 Å². The summed E-state index contributed by atoms with van der Waals surface area (Å²) in [4.78, 5) is 6.77. The molecule has 108 valence electrons. The molecule has 1 unspecified atom stereocenters. The monoisotopic (exact) mass is 264 g/mol. The SMILES string of the molecule is CN(Cc1nccn1C)C(CN)CC1CCCCC1. The van der Waals surface area contributed by atoms with Crippen LogP contribution in [-0.2, 0) is 13.6 Å². The van der Waals surface area contributed by atoms with Crippen LogP contribution in [-0.4, -0.2) is 34.1 Å². The van der Waals surface area contributed by atoms with Gasteiger partial charge in [-0.15, -0.1) is 0 Å². The van der Waals surface area contributed by atoms with E-state index in [0.717, 1.165) is 24.8 Å². The lowest BCUT2D eigenvalue weighted by Gasteiger charge is -2.31. The maximum absolute atomic E-state index is 5.99. The van der Waals surface area contributed by atoms with E-state index in [2.05, 4.69) is 28.5 Å². The minimum Gasteiger partial charge on any atom is -0.337 e. The average Bonchev–Trinajstić information content (AvgIpc) is 2.82. The lowest BCUT2D eigenvalue weighted by atomic mass is 9.84. The number of nitrogens with two attached hydrogens (primary N) is 1. The Balaban J connectivity index is 1.87. The van der Waals surface area contributed by atoms with Crippen molar-refractivity contribution in [2.75, 3.05) is 13.6 Å². The molecule has 1 aliphatic rings. The highest BCUT2D eigenvalue weighted by molar-refractivity contribution is 4.91. The van der Waals surface area contributed by atoms with Crippen molar-refractivity contribution in [3.63, 3.8) is 0 Å². The molecule has 4 nitrogen and oxygen atoms in total. The van der Waals surface area contributed by atoms with Gasteiger partial charge in [0.15, 0.2) is 0 Å². The molecule has 1 atom stereocenters. The van der Waals surface area contributed by atoms with Crippen LogP contribution in [0, 0.1) is 5.92 Å². The molecule has 19 heavy (non-hydrogen) atoms. The van der Waals surface area contributed by atoms with Crippen molar-refractivity contribution < 1.29 is 0 Å². The van der Waals surface area contributed by atoms with E-state index in [0.29, 0.717) is 6.04 Å². The largest absolute Gasteiger partial charge is 0.337 e. The number of likely N-dealkylation sites (N-methyl/N-ethyl adjacent to an activating group) is 1. The van der Waals surface area contributed by atoms with Gasteiger partial charge in [0.25, 0.3) is 0 Å². The van der Waals surface area contributed by atoms with Gasteiger partial charge in [-0.05, 0) is 19.4 Å². The van der Waals surface area contributed by atoms with Crippen LogP contribution in [0.4, 0.5) is 0 Å². The zero-order valence-corrected chi connectivity index (χ0v) is 12.4. The summed E-state index contributed by atoms with van der Waals surface area (Å²) in [5.74, 6) is 2.00. The van der Waals surface area contributed by atoms with Gasteiger partial charge in [0.1, 0.15) is 5.82 Å². The van der Waals surface area contributed by atoms with Crippen molar-refractivity contribution in [3.8, 4) is 0 Å². The molecule has 1 aromatic rings. The molecule has 1 fully saturated rings. The smallest absolute Gasteiger partial charge is 0.122 e. The van der Waals surface area contributed by atoms with Crippen molar-refractivity contribution >= 4 is 0 Å². The van der Waals surface area contributed by atoms with Crippen molar-refractivity contribution in [1.82, 2.24) is 14.5 Å². The number of hydrogen-bond acceptors (Lipinski definition) is 3. The standard InChI is InChI=1S/C15H28N4/c1-18-9-8-17-15(18)12-19(2)14(11-16)10-13-6-4-3-5-7-13/h8-9,13-14H,3-7,10-12,16H2,1-2H3. The number of rotatable bonds is 6. The summed E-state index contributed by atoms with van der Waals surface area (Å²) in [7, 11) is 4.23. The van der Waals surface area contributed by atoms with Gasteiger partial charge in [-0.1, -0.05) is 32.1 Å². The Labute approximate surface area is 117 Å². The summed E-state index contributed by atoms with van der Waals surface area (Å²) >= 11 is 0. The van der Waals surface area contributed by atoms with E-state index in [1.165, 1.54) is 38.5 Å². The Morgan fingerprint density at radius 2 is 2.16 bits per heavy atom. The summed E-state index contributed by atoms with van der Waals surface area (Å²) in [6, 6.07) is 0.486. The van der Waals surface area contributed by atoms with Crippen molar-refractivity contribution in [3.05, 3.63) is 18.2 Å². The van der Waals surface area contributed by atoms with E-state index in [9.17, 15) is 0 Å². The average molecular weight is 264 g/mol. The van der Waals surface area contributed by atoms with Gasteiger partial charge in [-0.2, -0.15) is 0 Å². The van der Waals surface area contributed by atoms with Gasteiger partial charge < -0.3 is 10.3 Å². The first-order chi connectivity index (χ1) is 9.20. The van der Waals surface area contributed by atoms with E-state index in [-0.39, 0.29) is 0 Å². The molecule has 1 aromatic heterocycles. The van der Waals surface area contributed by atoms with E-state index >= 15 is 0 Å². The molecule has 0 spiro atoms. The van der Waals surface area contributed by atoms with Gasteiger partial charge in [-0.3, -0.25) is 4.90 Å². The molecule has 2 N–H and O–H groups in total. The second kappa shape index (κ2) is 7.06. The van der Waals surface area contributed by atoms with Gasteiger partial charge in [-0.25, -0.2) is 4.98 Å². The molecule has 1 saturated carbocycles. The quantitative estimate of drug-likeness (QED) is 0.856. The highest BCUT2D eigenvalue weighted by atomic mass is 15.2. The molecule has 1 aliphatic carbocycles. The zero-order valence-electron chi connectivity index (χ0n) is 12.4. The van der Waals surface area contributed by atoms with E-state index < -0.39 is 0 Å². The van der Waals surface area contributed by atoms with E-state index in [1.54, 1.807) is 0 Å². The molecular weight excluding hydrogens is 236 g/mol. The fraction of sp³-hybridized carbons (Fsp3) is 0.800. The molecule has 0 amide bonds. The van der Waals surface area contributed by atoms with Crippen LogP contribution in [0.5, 0.6) is 0 Å². The Morgan fingerprint density at radius 1 is 1.42 bits per heavy atom. The van der Waals surface area contributed by atoms with Crippen molar-refractivity contribution in [2.45, 2.75) is 51.1 Å². The predicted molar refractivity (Wildman–Crippen MR) is 78.7 cm³/mol. The van der Waals surface area contributed by atoms with Gasteiger partial charge in [0.2, 0.25) is 0 Å². The molecule has 0 aromatic carbocycles. The Bertz CT molecular complexity index is 368. The summed E-state index contributed by atoms with van der Waals surface area (Å²) in [5.41, 5.74) is 5.99. The first-order valence-corrected chi connectivity index (χ1v) is 7.57. The molecule has 2 rings (SSSR count). The minimum absolute atomic E-state index is 0.486. The van der Waals surface area contributed by atoms with E-state index in [1.807, 2.05) is 12.4 Å². The number of nitrogens with zero attached hydrogens (tertiary/aromatic N) is 3. The van der Waals surface area contributed by atoms with Crippen LogP contribution < -0.4 is 5.73 Å². The number of imidazole rings is 1. The van der Waals surface area contributed by atoms with Crippen LogP contribution in [0.25, 0.3) is 0 Å². The first-order valence-electron chi connectivity index (χ1n) is 7.57. The fourth-order valence-electron chi connectivity index (χ4n) is 3.16. The highest BCUT2D eigenvalue weighted by Crippen LogP contribution is 2.28. The normalized spacial score (nSPS) is 18.9. The fourth-order valence-corrected chi connectivity index (χ4v) is 3.16. The summed E-state index contributed by atoms with van der Waals surface area (Å²) in [6.07, 6.45) is 12.1. The van der Waals surface area contributed by atoms with Crippen molar-refractivity contribution in [1.29, 1.82) is 0 Å². The second-order valence-corrected chi connectivity index (χ2v) is 6.00. The van der Waals surface area contributed by atoms with Crippen LogP contribution in [0.2, 0.25) is 0 Å². The molecule has 0 radical (unpaired) electrons. The first kappa shape index (κ1) is 14.5. The minimum atomic E-state index is 0.486. The second-order valence-electron chi connectivity index (χ2n) is 6.00. The third-order valence-electron chi connectivity index (χ3n) is 4.54. The lowest BCUT2D eigenvalue weighted by Crippen LogP contribution is -2.39. The summed E-state index contributed by atoms with van der Waals surface area (Å²) in [5, 5.41) is 0. The molecule has 0 saturated heterocycles. The predicted octanol–water partition coefficient (Wildman–Crippen LogP) is 2.15. The van der Waals surface area contributed by atoms with Gasteiger partial charge in [0, 0.05) is 32.0 Å². The van der Waals surface area contributed by atoms with Crippen LogP contribution in [0.1, 0.15) is 44.3 Å². The molecule has 0 bridgehead atoms. The topological polar surface area (TPSA) is 47.1 Å². The van der Waals surface area contributed by atoms with E-state index in [4.69, 9.17) is 5.73 Å². The van der Waals surface area contributed by atoms with Gasteiger partial charge in [0.05, 0.1) is 6.54 Å². The molecular formula is C15H28N4. The number of aromatic nitrogens is 2. The number of hydrogen-bond donors (Lipinski definition) is 1. The van der Waals surface area contributed by atoms with Crippen molar-refractivity contribution in [2.24, 2.45) is 18.7 Å². The molecule has 0 aliphatic heterocycles. The summed E-state index contributed by atoms with van der Waals surface area (Å²) < 4.78 is 2.09. The highest BCUT2D eigenvalue weighted by Gasteiger charge is 2.21. The Hall–Kier alpha value is -0.870. The third-order valence-corrected chi connectivity index (χ3v) is 4.54. The van der Waals surface area contributed by atoms with Gasteiger partial charge >= 0.3 is 0 Å². The zero-order chi connectivity index (χ0) is 13.7. The van der Waals surface area contributed by atoms with Crippen LogP contribution in [0.15, 0.2) is 12.4 Å². The number of aryl methyl sites for hydroxylation is 1. The molecule has 4 heteroatoms. The lowest BCUT2D eigenvalue weighted by molar-refractivity contribution is 0.180. The molecule has 1 heterocycles.